The predicted molar refractivity (Wildman–Crippen MR) is 174 cm³/mol. The Balaban J connectivity index is 1.29. The number of hydrogen-bond acceptors (Lipinski definition) is 7. The van der Waals surface area contributed by atoms with Crippen LogP contribution in [-0.2, 0) is 11.3 Å². The summed E-state index contributed by atoms with van der Waals surface area (Å²) in [6.07, 6.45) is 1.43. The van der Waals surface area contributed by atoms with Crippen LogP contribution in [0.4, 0.5) is 10.6 Å². The van der Waals surface area contributed by atoms with Crippen molar-refractivity contribution < 1.29 is 9.53 Å². The molecule has 0 bridgehead atoms. The first-order valence-corrected chi connectivity index (χ1v) is 15.1. The third-order valence-electron chi connectivity index (χ3n) is 7.85. The summed E-state index contributed by atoms with van der Waals surface area (Å²) in [5.41, 5.74) is 12.1. The molecule has 1 aliphatic heterocycles. The van der Waals surface area contributed by atoms with Gasteiger partial charge in [-0.1, -0.05) is 42.5 Å². The minimum absolute atomic E-state index is 0.0440. The summed E-state index contributed by atoms with van der Waals surface area (Å²) < 4.78 is 7.73. The van der Waals surface area contributed by atoms with E-state index >= 15 is 0 Å². The monoisotopic (exact) mass is 589 g/mol. The maximum Gasteiger partial charge on any atom is 0.410 e. The van der Waals surface area contributed by atoms with E-state index in [9.17, 15) is 4.79 Å². The van der Waals surface area contributed by atoms with Gasteiger partial charge in [0.25, 0.3) is 0 Å². The number of nitrogens with zero attached hydrogens (tertiary/aromatic N) is 6. The van der Waals surface area contributed by atoms with Gasteiger partial charge in [0.2, 0.25) is 0 Å². The molecule has 0 spiro atoms. The van der Waals surface area contributed by atoms with Gasteiger partial charge in [0.05, 0.1) is 11.3 Å². The standard InChI is InChI=1S/C35H39N7O2/c1-23-20-40(21-24(2)41(23)34(43)44-35(3,4)5)22-25-13-15-27(16-14-25)42-32(28-12-9-19-37-31(28)36)39-30-18-17-29(38-33(30)42)26-10-7-6-8-11-26/h6-19,23-24H,20-22H2,1-5H3,(H2,36,37)/t23-,24-/m0/s1. The number of anilines is 1. The molecule has 0 aliphatic carbocycles. The maximum atomic E-state index is 12.9. The van der Waals surface area contributed by atoms with Crippen LogP contribution in [0.1, 0.15) is 40.2 Å². The fourth-order valence-electron chi connectivity index (χ4n) is 6.00. The van der Waals surface area contributed by atoms with Crippen LogP contribution in [0.5, 0.6) is 0 Å². The fraction of sp³-hybridized carbons (Fsp3) is 0.314. The number of aromatic nitrogens is 4. The molecule has 0 radical (unpaired) electrons. The number of rotatable bonds is 5. The number of ether oxygens (including phenoxy) is 1. The molecular weight excluding hydrogens is 550 g/mol. The third-order valence-corrected chi connectivity index (χ3v) is 7.85. The third kappa shape index (κ3) is 6.01. The first-order valence-electron chi connectivity index (χ1n) is 15.1. The number of imidazole rings is 1. The van der Waals surface area contributed by atoms with Crippen molar-refractivity contribution in [3.8, 4) is 28.3 Å². The van der Waals surface area contributed by atoms with Crippen molar-refractivity contribution in [2.75, 3.05) is 18.8 Å². The molecule has 0 saturated carbocycles. The van der Waals surface area contributed by atoms with E-state index in [1.807, 2.05) is 68.1 Å². The zero-order valence-corrected chi connectivity index (χ0v) is 25.9. The molecule has 1 amide bonds. The van der Waals surface area contributed by atoms with Crippen LogP contribution in [0.3, 0.4) is 0 Å². The Labute approximate surface area is 258 Å². The van der Waals surface area contributed by atoms with Crippen LogP contribution >= 0.6 is 0 Å². The minimum atomic E-state index is -0.517. The lowest BCUT2D eigenvalue weighted by atomic mass is 10.1. The second kappa shape index (κ2) is 11.7. The summed E-state index contributed by atoms with van der Waals surface area (Å²) in [6, 6.07) is 26.5. The number of carbonyl (C=O) groups is 1. The molecule has 2 atom stereocenters. The molecule has 2 aromatic carbocycles. The average molecular weight is 590 g/mol. The van der Waals surface area contributed by atoms with Crippen molar-refractivity contribution in [1.29, 1.82) is 0 Å². The minimum Gasteiger partial charge on any atom is -0.444 e. The summed E-state index contributed by atoms with van der Waals surface area (Å²) in [6.45, 7) is 12.2. The molecule has 3 aromatic heterocycles. The summed E-state index contributed by atoms with van der Waals surface area (Å²) in [4.78, 5) is 31.5. The molecule has 6 rings (SSSR count). The van der Waals surface area contributed by atoms with Crippen molar-refractivity contribution in [1.82, 2.24) is 29.3 Å². The molecule has 9 heteroatoms. The second-order valence-electron chi connectivity index (χ2n) is 12.6. The van der Waals surface area contributed by atoms with Crippen LogP contribution in [0, 0.1) is 0 Å². The van der Waals surface area contributed by atoms with E-state index in [0.717, 1.165) is 53.3 Å². The predicted octanol–water partition coefficient (Wildman–Crippen LogP) is 6.56. The highest BCUT2D eigenvalue weighted by Gasteiger charge is 2.35. The lowest BCUT2D eigenvalue weighted by molar-refractivity contribution is -0.0162. The van der Waals surface area contributed by atoms with Gasteiger partial charge < -0.3 is 15.4 Å². The summed E-state index contributed by atoms with van der Waals surface area (Å²) >= 11 is 0. The van der Waals surface area contributed by atoms with Crippen LogP contribution in [-0.4, -0.2) is 66.2 Å². The lowest BCUT2D eigenvalue weighted by Gasteiger charge is -2.44. The largest absolute Gasteiger partial charge is 0.444 e. The fourth-order valence-corrected chi connectivity index (χ4v) is 6.00. The van der Waals surface area contributed by atoms with Gasteiger partial charge >= 0.3 is 6.09 Å². The molecular formula is C35H39N7O2. The number of piperazine rings is 1. The van der Waals surface area contributed by atoms with Gasteiger partial charge in [-0.2, -0.15) is 0 Å². The van der Waals surface area contributed by atoms with Crippen LogP contribution in [0.15, 0.2) is 85.1 Å². The van der Waals surface area contributed by atoms with Gasteiger partial charge in [-0.15, -0.1) is 0 Å². The zero-order valence-electron chi connectivity index (χ0n) is 25.9. The van der Waals surface area contributed by atoms with Gasteiger partial charge in [0.1, 0.15) is 16.9 Å². The van der Waals surface area contributed by atoms with Crippen LogP contribution in [0.2, 0.25) is 0 Å². The normalized spacial score (nSPS) is 17.6. The molecule has 2 N–H and O–H groups in total. The number of pyridine rings is 2. The van der Waals surface area contributed by atoms with E-state index in [-0.39, 0.29) is 18.2 Å². The lowest BCUT2D eigenvalue weighted by Crippen LogP contribution is -2.59. The Hall–Kier alpha value is -4.76. The molecule has 44 heavy (non-hydrogen) atoms. The SMILES string of the molecule is C[C@H]1CN(Cc2ccc(-n3c(-c4cccnc4N)nc4ccc(-c5ccccc5)nc43)cc2)C[C@H](C)N1C(=O)OC(C)(C)C. The number of carbonyl (C=O) groups excluding carboxylic acids is 1. The Morgan fingerprint density at radius 1 is 0.909 bits per heavy atom. The molecule has 1 aliphatic rings. The van der Waals surface area contributed by atoms with Crippen molar-refractivity contribution in [3.05, 3.63) is 90.6 Å². The summed E-state index contributed by atoms with van der Waals surface area (Å²) in [7, 11) is 0. The quantitative estimate of drug-likeness (QED) is 0.248. The summed E-state index contributed by atoms with van der Waals surface area (Å²) in [5.74, 6) is 1.11. The zero-order chi connectivity index (χ0) is 31.0. The molecule has 9 nitrogen and oxygen atoms in total. The second-order valence-corrected chi connectivity index (χ2v) is 12.6. The topological polar surface area (TPSA) is 102 Å². The first kappa shape index (κ1) is 29.3. The van der Waals surface area contributed by atoms with Crippen molar-refractivity contribution in [2.24, 2.45) is 0 Å². The number of nitrogens with two attached hydrogens (primary N) is 1. The number of benzene rings is 2. The van der Waals surface area contributed by atoms with Gasteiger partial charge in [-0.05, 0) is 76.6 Å². The highest BCUT2D eigenvalue weighted by molar-refractivity contribution is 5.84. The summed E-state index contributed by atoms with van der Waals surface area (Å²) in [5, 5.41) is 0. The van der Waals surface area contributed by atoms with E-state index in [4.69, 9.17) is 20.4 Å². The van der Waals surface area contributed by atoms with Gasteiger partial charge in [-0.3, -0.25) is 9.47 Å². The van der Waals surface area contributed by atoms with Crippen LogP contribution < -0.4 is 5.73 Å². The smallest absolute Gasteiger partial charge is 0.410 e. The van der Waals surface area contributed by atoms with Gasteiger partial charge in [0.15, 0.2) is 11.5 Å². The molecule has 1 fully saturated rings. The highest BCUT2D eigenvalue weighted by Crippen LogP contribution is 2.32. The molecule has 5 aromatic rings. The Kier molecular flexibility index (Phi) is 7.82. The van der Waals surface area contributed by atoms with Crippen LogP contribution in [0.25, 0.3) is 39.5 Å². The molecule has 0 unspecified atom stereocenters. The first-order chi connectivity index (χ1) is 21.1. The van der Waals surface area contributed by atoms with E-state index in [1.165, 1.54) is 5.56 Å². The van der Waals surface area contributed by atoms with Crippen molar-refractivity contribution in [2.45, 2.75) is 58.8 Å². The van der Waals surface area contributed by atoms with E-state index in [0.29, 0.717) is 11.6 Å². The van der Waals surface area contributed by atoms with E-state index in [1.54, 1.807) is 6.20 Å². The van der Waals surface area contributed by atoms with E-state index < -0.39 is 5.60 Å². The molecule has 226 valence electrons. The molecule has 4 heterocycles. The van der Waals surface area contributed by atoms with Gasteiger partial charge in [0, 0.05) is 49.2 Å². The Morgan fingerprint density at radius 3 is 2.27 bits per heavy atom. The Morgan fingerprint density at radius 2 is 1.61 bits per heavy atom. The number of hydrogen-bond donors (Lipinski definition) is 1. The maximum absolute atomic E-state index is 12.9. The van der Waals surface area contributed by atoms with Crippen molar-refractivity contribution in [3.63, 3.8) is 0 Å². The van der Waals surface area contributed by atoms with Crippen molar-refractivity contribution >= 4 is 23.1 Å². The Bertz CT molecular complexity index is 1770. The number of fused-ring (bicyclic) bond motifs is 1. The highest BCUT2D eigenvalue weighted by atomic mass is 16.6. The van der Waals surface area contributed by atoms with Gasteiger partial charge in [-0.25, -0.2) is 19.7 Å². The molecule has 1 saturated heterocycles. The number of amides is 1. The van der Waals surface area contributed by atoms with E-state index in [2.05, 4.69) is 64.7 Å². The number of nitrogen functional groups attached to an aromatic ring is 1. The average Bonchev–Trinajstić information content (AvgIpc) is 3.35.